The van der Waals surface area contributed by atoms with Gasteiger partial charge in [-0.15, -0.1) is 10.2 Å². The average molecular weight is 378 g/mol. The lowest BCUT2D eigenvalue weighted by atomic mass is 10.2. The fourth-order valence-electron chi connectivity index (χ4n) is 1.96. The van der Waals surface area contributed by atoms with Gasteiger partial charge in [-0.2, -0.15) is 0 Å². The van der Waals surface area contributed by atoms with Crippen LogP contribution >= 0.6 is 23.4 Å². The van der Waals surface area contributed by atoms with Crippen molar-refractivity contribution in [1.29, 1.82) is 0 Å². The number of hydrogen-bond acceptors (Lipinski definition) is 5. The number of hydrogen-bond donors (Lipinski definition) is 1. The number of amides is 1. The summed E-state index contributed by atoms with van der Waals surface area (Å²) in [4.78, 5) is 11.9. The molecule has 1 aromatic heterocycles. The molecule has 1 amide bonds. The molecule has 0 atom stereocenters. The molecule has 0 bridgehead atoms. The monoisotopic (exact) mass is 377 g/mol. The lowest BCUT2D eigenvalue weighted by Gasteiger charge is -2.04. The van der Waals surface area contributed by atoms with E-state index in [0.29, 0.717) is 17.1 Å². The second kappa shape index (κ2) is 8.13. The zero-order valence-electron chi connectivity index (χ0n) is 12.9. The lowest BCUT2D eigenvalue weighted by Crippen LogP contribution is -2.24. The molecule has 1 N–H and O–H groups in total. The molecule has 0 fully saturated rings. The molecule has 0 spiro atoms. The number of rotatable bonds is 6. The van der Waals surface area contributed by atoms with Crippen molar-refractivity contribution < 1.29 is 13.6 Å². The van der Waals surface area contributed by atoms with Gasteiger partial charge in [0.05, 0.1) is 5.75 Å². The van der Waals surface area contributed by atoms with Gasteiger partial charge in [0.2, 0.25) is 11.8 Å². The van der Waals surface area contributed by atoms with Crippen LogP contribution in [0.3, 0.4) is 0 Å². The fourth-order valence-corrected chi connectivity index (χ4v) is 2.68. The van der Waals surface area contributed by atoms with Crippen LogP contribution in [0.25, 0.3) is 11.5 Å². The molecule has 5 nitrogen and oxygen atoms in total. The van der Waals surface area contributed by atoms with Gasteiger partial charge in [-0.1, -0.05) is 35.5 Å². The van der Waals surface area contributed by atoms with Crippen LogP contribution in [0.5, 0.6) is 0 Å². The summed E-state index contributed by atoms with van der Waals surface area (Å²) >= 11 is 6.95. The van der Waals surface area contributed by atoms with Crippen molar-refractivity contribution in [3.63, 3.8) is 0 Å². The summed E-state index contributed by atoms with van der Waals surface area (Å²) in [6.45, 7) is 0.418. The highest BCUT2D eigenvalue weighted by Gasteiger charge is 2.11. The van der Waals surface area contributed by atoms with E-state index in [1.807, 2.05) is 12.1 Å². The quantitative estimate of drug-likeness (QED) is 0.659. The molecular formula is C17H13ClFN3O2S. The predicted octanol–water partition coefficient (Wildman–Crippen LogP) is 3.94. The first kappa shape index (κ1) is 17.4. The Morgan fingerprint density at radius 3 is 2.56 bits per heavy atom. The highest BCUT2D eigenvalue weighted by Crippen LogP contribution is 2.23. The van der Waals surface area contributed by atoms with Crippen LogP contribution in [0.4, 0.5) is 4.39 Å². The summed E-state index contributed by atoms with van der Waals surface area (Å²) in [5.74, 6) is -0.0562. The molecule has 2 aromatic carbocycles. The third-order valence-corrected chi connectivity index (χ3v) is 4.30. The van der Waals surface area contributed by atoms with Crippen LogP contribution < -0.4 is 5.32 Å². The summed E-state index contributed by atoms with van der Waals surface area (Å²) in [5.41, 5.74) is 1.58. The zero-order chi connectivity index (χ0) is 17.6. The average Bonchev–Trinajstić information content (AvgIpc) is 3.09. The van der Waals surface area contributed by atoms with Crippen LogP contribution in [0.1, 0.15) is 5.56 Å². The molecule has 1 heterocycles. The molecule has 0 saturated carbocycles. The minimum absolute atomic E-state index is 0.151. The molecular weight excluding hydrogens is 365 g/mol. The van der Waals surface area contributed by atoms with Crippen LogP contribution in [0, 0.1) is 5.82 Å². The second-order valence-corrected chi connectivity index (χ2v) is 6.43. The Morgan fingerprint density at radius 1 is 1.12 bits per heavy atom. The van der Waals surface area contributed by atoms with Gasteiger partial charge in [-0.25, -0.2) is 4.39 Å². The van der Waals surface area contributed by atoms with Crippen LogP contribution in [-0.2, 0) is 11.3 Å². The topological polar surface area (TPSA) is 68.0 Å². The van der Waals surface area contributed by atoms with E-state index in [9.17, 15) is 9.18 Å². The Balaban J connectivity index is 1.49. The molecule has 128 valence electrons. The largest absolute Gasteiger partial charge is 0.411 e. The maximum atomic E-state index is 12.9. The summed E-state index contributed by atoms with van der Waals surface area (Å²) in [6.07, 6.45) is 0. The van der Waals surface area contributed by atoms with Gasteiger partial charge in [0.1, 0.15) is 5.82 Å². The number of nitrogens with one attached hydrogen (secondary N) is 1. The number of benzene rings is 2. The maximum absolute atomic E-state index is 12.9. The minimum atomic E-state index is -0.338. The van der Waals surface area contributed by atoms with E-state index in [-0.39, 0.29) is 28.6 Å². The van der Waals surface area contributed by atoms with Gasteiger partial charge in [0.25, 0.3) is 5.22 Å². The lowest BCUT2D eigenvalue weighted by molar-refractivity contribution is -0.118. The van der Waals surface area contributed by atoms with Crippen LogP contribution in [0.15, 0.2) is 58.2 Å². The standard InChI is InChI=1S/C17H13ClFN3O2S/c18-13-5-1-11(2-6-13)9-20-15(23)10-25-17-22-21-16(24-17)12-3-7-14(19)8-4-12/h1-8H,9-10H2,(H,20,23). The Hall–Kier alpha value is -2.38. The molecule has 3 rings (SSSR count). The first-order valence-corrected chi connectivity index (χ1v) is 8.70. The number of aromatic nitrogens is 2. The molecule has 0 radical (unpaired) electrons. The first-order chi connectivity index (χ1) is 12.1. The van der Waals surface area contributed by atoms with E-state index in [1.165, 1.54) is 12.1 Å². The maximum Gasteiger partial charge on any atom is 0.277 e. The molecule has 0 aliphatic rings. The first-order valence-electron chi connectivity index (χ1n) is 7.33. The third-order valence-electron chi connectivity index (χ3n) is 3.23. The highest BCUT2D eigenvalue weighted by molar-refractivity contribution is 7.99. The second-order valence-electron chi connectivity index (χ2n) is 5.07. The number of nitrogens with zero attached hydrogens (tertiary/aromatic N) is 2. The van der Waals surface area contributed by atoms with E-state index in [4.69, 9.17) is 16.0 Å². The van der Waals surface area contributed by atoms with E-state index >= 15 is 0 Å². The third kappa shape index (κ3) is 5.04. The van der Waals surface area contributed by atoms with Crippen molar-refractivity contribution in [3.8, 4) is 11.5 Å². The van der Waals surface area contributed by atoms with E-state index in [0.717, 1.165) is 17.3 Å². The van der Waals surface area contributed by atoms with Crippen molar-refractivity contribution in [2.24, 2.45) is 0 Å². The number of thioether (sulfide) groups is 1. The molecule has 0 saturated heterocycles. The van der Waals surface area contributed by atoms with Gasteiger partial charge in [0, 0.05) is 17.1 Å². The predicted molar refractivity (Wildman–Crippen MR) is 93.7 cm³/mol. The fraction of sp³-hybridized carbons (Fsp3) is 0.118. The van der Waals surface area contributed by atoms with Gasteiger partial charge in [-0.3, -0.25) is 4.79 Å². The molecule has 0 aliphatic carbocycles. The van der Waals surface area contributed by atoms with Crippen molar-refractivity contribution in [2.75, 3.05) is 5.75 Å². The van der Waals surface area contributed by atoms with Gasteiger partial charge in [0.15, 0.2) is 0 Å². The Bertz CT molecular complexity index is 853. The summed E-state index contributed by atoms with van der Waals surface area (Å²) in [6, 6.07) is 13.0. The molecule has 0 aliphatic heterocycles. The highest BCUT2D eigenvalue weighted by atomic mass is 35.5. The number of carbonyl (C=O) groups excluding carboxylic acids is 1. The van der Waals surface area contributed by atoms with Gasteiger partial charge >= 0.3 is 0 Å². The Morgan fingerprint density at radius 2 is 1.84 bits per heavy atom. The van der Waals surface area contributed by atoms with Crippen LogP contribution in [0.2, 0.25) is 5.02 Å². The SMILES string of the molecule is O=C(CSc1nnc(-c2ccc(F)cc2)o1)NCc1ccc(Cl)cc1. The smallest absolute Gasteiger partial charge is 0.277 e. The number of halogens is 2. The van der Waals surface area contributed by atoms with Crippen molar-refractivity contribution in [1.82, 2.24) is 15.5 Å². The van der Waals surface area contributed by atoms with Crippen molar-refractivity contribution >= 4 is 29.3 Å². The molecule has 25 heavy (non-hydrogen) atoms. The summed E-state index contributed by atoms with van der Waals surface area (Å²) in [5, 5.41) is 11.5. The van der Waals surface area contributed by atoms with Gasteiger partial charge in [-0.05, 0) is 42.0 Å². The summed E-state index contributed by atoms with van der Waals surface area (Å²) in [7, 11) is 0. The molecule has 0 unspecified atom stereocenters. The molecule has 3 aromatic rings. The van der Waals surface area contributed by atoms with E-state index in [2.05, 4.69) is 15.5 Å². The number of carbonyl (C=O) groups is 1. The normalized spacial score (nSPS) is 10.6. The Labute approximate surface area is 152 Å². The van der Waals surface area contributed by atoms with Crippen LogP contribution in [-0.4, -0.2) is 21.9 Å². The Kier molecular flexibility index (Phi) is 5.67. The van der Waals surface area contributed by atoms with Crippen molar-refractivity contribution in [2.45, 2.75) is 11.8 Å². The summed E-state index contributed by atoms with van der Waals surface area (Å²) < 4.78 is 18.4. The zero-order valence-corrected chi connectivity index (χ0v) is 14.5. The minimum Gasteiger partial charge on any atom is -0.411 e. The van der Waals surface area contributed by atoms with Crippen molar-refractivity contribution in [3.05, 3.63) is 64.9 Å². The van der Waals surface area contributed by atoms with E-state index < -0.39 is 0 Å². The molecule has 8 heteroatoms. The van der Waals surface area contributed by atoms with E-state index in [1.54, 1.807) is 24.3 Å². The van der Waals surface area contributed by atoms with Gasteiger partial charge < -0.3 is 9.73 Å².